The zero-order chi connectivity index (χ0) is 13.2. The number of nitrogens with one attached hydrogen (secondary N) is 1. The number of rotatable bonds is 3. The molecule has 7 heteroatoms. The highest BCUT2D eigenvalue weighted by Gasteiger charge is 2.24. The van der Waals surface area contributed by atoms with Gasteiger partial charge < -0.3 is 5.32 Å². The van der Waals surface area contributed by atoms with Crippen molar-refractivity contribution in [2.45, 2.75) is 18.2 Å². The minimum atomic E-state index is -0.693. The molecule has 0 saturated heterocycles. The first kappa shape index (κ1) is 14.1. The van der Waals surface area contributed by atoms with E-state index in [1.807, 2.05) is 0 Å². The molecule has 0 spiro atoms. The minimum Gasteiger partial charge on any atom is -0.325 e. The molecule has 0 radical (unpaired) electrons. The fourth-order valence-corrected chi connectivity index (χ4v) is 1.64. The normalized spacial score (nSPS) is 11.1. The Balaban J connectivity index is 2.92. The van der Waals surface area contributed by atoms with Gasteiger partial charge in [-0.25, -0.2) is 0 Å². The number of hydrogen-bond donors (Lipinski definition) is 1. The van der Waals surface area contributed by atoms with E-state index in [0.717, 1.165) is 0 Å². The Morgan fingerprint density at radius 2 is 2.06 bits per heavy atom. The Kier molecular flexibility index (Phi) is 4.26. The largest absolute Gasteiger partial charge is 0.325 e. The third-order valence-corrected chi connectivity index (χ3v) is 2.94. The number of amides is 1. The number of hydrogen-bond acceptors (Lipinski definition) is 3. The first-order valence-corrected chi connectivity index (χ1v) is 6.24. The van der Waals surface area contributed by atoms with Crippen LogP contribution in [0, 0.1) is 10.1 Å². The van der Waals surface area contributed by atoms with E-state index in [1.165, 1.54) is 18.2 Å². The molecule has 0 aliphatic carbocycles. The van der Waals surface area contributed by atoms with E-state index in [-0.39, 0.29) is 11.6 Å². The molecule has 0 bridgehead atoms. The summed E-state index contributed by atoms with van der Waals surface area (Å²) in [6.07, 6.45) is 0. The predicted molar refractivity (Wildman–Crippen MR) is 72.4 cm³/mol. The predicted octanol–water partition coefficient (Wildman–Crippen LogP) is 3.47. The van der Waals surface area contributed by atoms with Gasteiger partial charge in [-0.05, 0) is 41.9 Å². The van der Waals surface area contributed by atoms with Gasteiger partial charge in [-0.2, -0.15) is 0 Å². The Morgan fingerprint density at radius 1 is 1.47 bits per heavy atom. The van der Waals surface area contributed by atoms with Crippen LogP contribution in [0.2, 0.25) is 0 Å². The van der Waals surface area contributed by atoms with Crippen LogP contribution in [0.1, 0.15) is 13.8 Å². The molecule has 17 heavy (non-hydrogen) atoms. The third-order valence-electron chi connectivity index (χ3n) is 1.94. The van der Waals surface area contributed by atoms with Crippen molar-refractivity contribution >= 4 is 49.1 Å². The van der Waals surface area contributed by atoms with E-state index in [2.05, 4.69) is 37.2 Å². The molecular formula is C10H10Br2N2O3. The van der Waals surface area contributed by atoms with E-state index < -0.39 is 9.25 Å². The average Bonchev–Trinajstić information content (AvgIpc) is 2.15. The summed E-state index contributed by atoms with van der Waals surface area (Å²) in [5.41, 5.74) is 0.459. The quantitative estimate of drug-likeness (QED) is 0.506. The van der Waals surface area contributed by atoms with Crippen molar-refractivity contribution in [1.82, 2.24) is 0 Å². The Morgan fingerprint density at radius 3 is 2.47 bits per heavy atom. The van der Waals surface area contributed by atoms with Crippen molar-refractivity contribution in [2.75, 3.05) is 5.32 Å². The van der Waals surface area contributed by atoms with Crippen molar-refractivity contribution in [1.29, 1.82) is 0 Å². The van der Waals surface area contributed by atoms with Crippen molar-refractivity contribution in [2.24, 2.45) is 0 Å². The zero-order valence-corrected chi connectivity index (χ0v) is 12.3. The monoisotopic (exact) mass is 364 g/mol. The van der Waals surface area contributed by atoms with Gasteiger partial charge in [-0.1, -0.05) is 15.9 Å². The van der Waals surface area contributed by atoms with Crippen LogP contribution in [0.15, 0.2) is 22.7 Å². The van der Waals surface area contributed by atoms with Gasteiger partial charge in [-0.3, -0.25) is 14.9 Å². The van der Waals surface area contributed by atoms with Crippen LogP contribution in [0.3, 0.4) is 0 Å². The number of nitrogens with zero attached hydrogens (tertiary/aromatic N) is 1. The summed E-state index contributed by atoms with van der Waals surface area (Å²) in [5.74, 6) is -0.224. The number of benzene rings is 1. The zero-order valence-electron chi connectivity index (χ0n) is 9.16. The van der Waals surface area contributed by atoms with E-state index in [0.29, 0.717) is 10.2 Å². The highest BCUT2D eigenvalue weighted by Crippen LogP contribution is 2.28. The first-order chi connectivity index (χ1) is 7.71. The summed E-state index contributed by atoms with van der Waals surface area (Å²) in [7, 11) is 0. The van der Waals surface area contributed by atoms with Crippen LogP contribution in [0.25, 0.3) is 0 Å². The van der Waals surface area contributed by atoms with Gasteiger partial charge in [0.05, 0.1) is 13.7 Å². The second kappa shape index (κ2) is 5.14. The molecule has 0 unspecified atom stereocenters. The molecule has 1 aromatic carbocycles. The van der Waals surface area contributed by atoms with Crippen LogP contribution < -0.4 is 5.32 Å². The molecule has 5 nitrogen and oxygen atoms in total. The topological polar surface area (TPSA) is 72.2 Å². The van der Waals surface area contributed by atoms with Crippen LogP contribution in [-0.4, -0.2) is 15.2 Å². The summed E-state index contributed by atoms with van der Waals surface area (Å²) >= 11 is 6.31. The fraction of sp³-hybridized carbons (Fsp3) is 0.300. The highest BCUT2D eigenvalue weighted by molar-refractivity contribution is 9.10. The second-order valence-corrected chi connectivity index (χ2v) is 6.69. The van der Waals surface area contributed by atoms with E-state index in [9.17, 15) is 14.9 Å². The van der Waals surface area contributed by atoms with Crippen molar-refractivity contribution in [3.05, 3.63) is 32.8 Å². The van der Waals surface area contributed by atoms with Gasteiger partial charge in [0.15, 0.2) is 0 Å². The SMILES string of the molecule is CC(C)(Br)C(=O)Nc1ccc([N+](=O)[O-])c(Br)c1. The molecule has 1 aromatic rings. The highest BCUT2D eigenvalue weighted by atomic mass is 79.9. The molecule has 0 aliphatic rings. The molecule has 1 rings (SSSR count). The number of halogens is 2. The number of nitro groups is 1. The van der Waals surface area contributed by atoms with Gasteiger partial charge in [0.25, 0.3) is 5.69 Å². The first-order valence-electron chi connectivity index (χ1n) is 4.66. The van der Waals surface area contributed by atoms with E-state index in [1.54, 1.807) is 13.8 Å². The number of nitro benzene ring substituents is 1. The molecule has 0 atom stereocenters. The lowest BCUT2D eigenvalue weighted by molar-refractivity contribution is -0.385. The maximum Gasteiger partial charge on any atom is 0.283 e. The molecule has 0 fully saturated rings. The summed E-state index contributed by atoms with van der Waals surface area (Å²) in [5, 5.41) is 13.2. The lowest BCUT2D eigenvalue weighted by Crippen LogP contribution is -2.30. The summed E-state index contributed by atoms with van der Waals surface area (Å²) in [4.78, 5) is 21.8. The number of carbonyl (C=O) groups excluding carboxylic acids is 1. The smallest absolute Gasteiger partial charge is 0.283 e. The molecule has 0 aliphatic heterocycles. The van der Waals surface area contributed by atoms with Gasteiger partial charge in [0.1, 0.15) is 0 Å². The Hall–Kier alpha value is -0.950. The van der Waals surface area contributed by atoms with Crippen molar-refractivity contribution in [3.63, 3.8) is 0 Å². The molecule has 92 valence electrons. The summed E-state index contributed by atoms with van der Waals surface area (Å²) in [6.45, 7) is 3.42. The van der Waals surface area contributed by atoms with Crippen LogP contribution in [0.5, 0.6) is 0 Å². The van der Waals surface area contributed by atoms with Crippen molar-refractivity contribution in [3.8, 4) is 0 Å². The standard InChI is InChI=1S/C10H10Br2N2O3/c1-10(2,12)9(15)13-6-3-4-8(14(16)17)7(11)5-6/h3-5H,1-2H3,(H,13,15). The molecule has 1 N–H and O–H groups in total. The Bertz CT molecular complexity index is 469. The van der Waals surface area contributed by atoms with Crippen LogP contribution in [0.4, 0.5) is 11.4 Å². The van der Waals surface area contributed by atoms with Gasteiger partial charge in [-0.15, -0.1) is 0 Å². The van der Waals surface area contributed by atoms with Crippen molar-refractivity contribution < 1.29 is 9.72 Å². The van der Waals surface area contributed by atoms with Crippen LogP contribution >= 0.6 is 31.9 Å². The number of alkyl halides is 1. The lowest BCUT2D eigenvalue weighted by atomic mass is 10.2. The van der Waals surface area contributed by atoms with Gasteiger partial charge in [0.2, 0.25) is 5.91 Å². The molecular weight excluding hydrogens is 356 g/mol. The maximum absolute atomic E-state index is 11.7. The van der Waals surface area contributed by atoms with Crippen LogP contribution in [-0.2, 0) is 4.79 Å². The number of carbonyl (C=O) groups is 1. The second-order valence-electron chi connectivity index (χ2n) is 3.85. The van der Waals surface area contributed by atoms with Gasteiger partial charge in [0, 0.05) is 11.8 Å². The summed E-state index contributed by atoms with van der Waals surface area (Å²) < 4.78 is -0.367. The number of anilines is 1. The third kappa shape index (κ3) is 3.78. The summed E-state index contributed by atoms with van der Waals surface area (Å²) in [6, 6.07) is 4.31. The fourth-order valence-electron chi connectivity index (χ4n) is 1.01. The molecule has 0 heterocycles. The lowest BCUT2D eigenvalue weighted by Gasteiger charge is -2.15. The minimum absolute atomic E-state index is 0.0406. The maximum atomic E-state index is 11.7. The van der Waals surface area contributed by atoms with E-state index in [4.69, 9.17) is 0 Å². The average molecular weight is 366 g/mol. The molecule has 0 aromatic heterocycles. The van der Waals surface area contributed by atoms with Gasteiger partial charge >= 0.3 is 0 Å². The molecule has 0 saturated carbocycles. The Labute approximate surface area is 115 Å². The van der Waals surface area contributed by atoms with E-state index >= 15 is 0 Å². The molecule has 1 amide bonds.